The lowest BCUT2D eigenvalue weighted by Gasteiger charge is -2.34. The SMILES string of the molecule is COc1cccc(NC(=O)CN2CCN(C(=O)c3ccc(F)cc3)CC2)c1. The van der Waals surface area contributed by atoms with Crippen molar-refractivity contribution in [3.05, 3.63) is 59.9 Å². The fourth-order valence-electron chi connectivity index (χ4n) is 2.99. The van der Waals surface area contributed by atoms with Gasteiger partial charge in [-0.05, 0) is 36.4 Å². The first kappa shape index (κ1) is 18.8. The van der Waals surface area contributed by atoms with Crippen molar-refractivity contribution < 1.29 is 18.7 Å². The molecule has 0 aromatic heterocycles. The van der Waals surface area contributed by atoms with Crippen molar-refractivity contribution >= 4 is 17.5 Å². The number of amides is 2. The lowest BCUT2D eigenvalue weighted by atomic mass is 10.2. The van der Waals surface area contributed by atoms with Crippen molar-refractivity contribution in [3.63, 3.8) is 0 Å². The molecule has 0 saturated carbocycles. The maximum Gasteiger partial charge on any atom is 0.253 e. The second-order valence-corrected chi connectivity index (χ2v) is 6.36. The molecule has 27 heavy (non-hydrogen) atoms. The van der Waals surface area contributed by atoms with Gasteiger partial charge in [0.05, 0.1) is 13.7 Å². The predicted octanol–water partition coefficient (Wildman–Crippen LogP) is 2.23. The second-order valence-electron chi connectivity index (χ2n) is 6.36. The molecular weight excluding hydrogens is 349 g/mol. The molecule has 2 amide bonds. The summed E-state index contributed by atoms with van der Waals surface area (Å²) in [7, 11) is 1.58. The van der Waals surface area contributed by atoms with Gasteiger partial charge in [-0.1, -0.05) is 6.07 Å². The number of rotatable bonds is 5. The van der Waals surface area contributed by atoms with Gasteiger partial charge in [-0.25, -0.2) is 4.39 Å². The molecule has 0 spiro atoms. The molecule has 1 fully saturated rings. The van der Waals surface area contributed by atoms with E-state index in [4.69, 9.17) is 4.74 Å². The van der Waals surface area contributed by atoms with Gasteiger partial charge in [0.2, 0.25) is 5.91 Å². The van der Waals surface area contributed by atoms with Gasteiger partial charge in [0.1, 0.15) is 11.6 Å². The molecule has 0 bridgehead atoms. The van der Waals surface area contributed by atoms with Crippen molar-refractivity contribution in [1.29, 1.82) is 0 Å². The number of benzene rings is 2. The van der Waals surface area contributed by atoms with Gasteiger partial charge in [0.15, 0.2) is 0 Å². The molecular formula is C20H22FN3O3. The zero-order valence-electron chi connectivity index (χ0n) is 15.2. The molecule has 0 aliphatic carbocycles. The topological polar surface area (TPSA) is 61.9 Å². The monoisotopic (exact) mass is 371 g/mol. The van der Waals surface area contributed by atoms with Crippen molar-refractivity contribution in [2.24, 2.45) is 0 Å². The van der Waals surface area contributed by atoms with Crippen LogP contribution in [0.3, 0.4) is 0 Å². The molecule has 142 valence electrons. The molecule has 7 heteroatoms. The Labute approximate surface area is 157 Å². The number of piperazine rings is 1. The Morgan fingerprint density at radius 2 is 1.78 bits per heavy atom. The minimum absolute atomic E-state index is 0.110. The molecule has 0 atom stereocenters. The lowest BCUT2D eigenvalue weighted by Crippen LogP contribution is -2.50. The summed E-state index contributed by atoms with van der Waals surface area (Å²) in [5.41, 5.74) is 1.16. The zero-order valence-corrected chi connectivity index (χ0v) is 15.2. The molecule has 6 nitrogen and oxygen atoms in total. The van der Waals surface area contributed by atoms with E-state index in [1.165, 1.54) is 24.3 Å². The van der Waals surface area contributed by atoms with E-state index in [1.54, 1.807) is 24.1 Å². The molecule has 0 unspecified atom stereocenters. The van der Waals surface area contributed by atoms with E-state index in [2.05, 4.69) is 5.32 Å². The third-order valence-corrected chi connectivity index (χ3v) is 4.47. The van der Waals surface area contributed by atoms with E-state index in [0.717, 1.165) is 0 Å². The van der Waals surface area contributed by atoms with Crippen LogP contribution in [0.5, 0.6) is 5.75 Å². The van der Waals surface area contributed by atoms with Gasteiger partial charge >= 0.3 is 0 Å². The first-order valence-electron chi connectivity index (χ1n) is 8.76. The van der Waals surface area contributed by atoms with Gasteiger partial charge in [-0.2, -0.15) is 0 Å². The van der Waals surface area contributed by atoms with E-state index in [9.17, 15) is 14.0 Å². The number of hydrogen-bond donors (Lipinski definition) is 1. The largest absolute Gasteiger partial charge is 0.497 e. The third-order valence-electron chi connectivity index (χ3n) is 4.47. The Morgan fingerprint density at radius 1 is 1.07 bits per heavy atom. The number of anilines is 1. The summed E-state index contributed by atoms with van der Waals surface area (Å²) in [5.74, 6) is 0.0937. The summed E-state index contributed by atoms with van der Waals surface area (Å²) in [6, 6.07) is 12.7. The Kier molecular flexibility index (Phi) is 6.03. The fourth-order valence-corrected chi connectivity index (χ4v) is 2.99. The van der Waals surface area contributed by atoms with E-state index in [-0.39, 0.29) is 24.2 Å². The van der Waals surface area contributed by atoms with Gasteiger partial charge in [0, 0.05) is 43.5 Å². The highest BCUT2D eigenvalue weighted by Crippen LogP contribution is 2.17. The number of halogens is 1. The molecule has 1 heterocycles. The average Bonchev–Trinajstić information content (AvgIpc) is 2.68. The quantitative estimate of drug-likeness (QED) is 0.876. The number of carbonyl (C=O) groups is 2. The van der Waals surface area contributed by atoms with Crippen LogP contribution in [0.1, 0.15) is 10.4 Å². The van der Waals surface area contributed by atoms with Gasteiger partial charge in [0.25, 0.3) is 5.91 Å². The van der Waals surface area contributed by atoms with Gasteiger partial charge in [-0.15, -0.1) is 0 Å². The van der Waals surface area contributed by atoms with Crippen molar-refractivity contribution in [1.82, 2.24) is 9.80 Å². The molecule has 3 rings (SSSR count). The summed E-state index contributed by atoms with van der Waals surface area (Å²) in [4.78, 5) is 28.4. The van der Waals surface area contributed by atoms with Crippen LogP contribution in [0.4, 0.5) is 10.1 Å². The number of methoxy groups -OCH3 is 1. The summed E-state index contributed by atoms with van der Waals surface area (Å²) in [5, 5.41) is 2.85. The van der Waals surface area contributed by atoms with Crippen LogP contribution in [-0.4, -0.2) is 61.4 Å². The second kappa shape index (κ2) is 8.64. The molecule has 1 saturated heterocycles. The maximum atomic E-state index is 13.0. The van der Waals surface area contributed by atoms with Crippen LogP contribution >= 0.6 is 0 Å². The van der Waals surface area contributed by atoms with E-state index >= 15 is 0 Å². The lowest BCUT2D eigenvalue weighted by molar-refractivity contribution is -0.117. The van der Waals surface area contributed by atoms with Crippen LogP contribution in [0.25, 0.3) is 0 Å². The molecule has 2 aromatic carbocycles. The summed E-state index contributed by atoms with van der Waals surface area (Å²) >= 11 is 0. The number of nitrogens with zero attached hydrogens (tertiary/aromatic N) is 2. The van der Waals surface area contributed by atoms with E-state index in [1.807, 2.05) is 17.0 Å². The highest BCUT2D eigenvalue weighted by Gasteiger charge is 2.23. The standard InChI is InChI=1S/C20H22FN3O3/c1-27-18-4-2-3-17(13-18)22-19(25)14-23-9-11-24(12-10-23)20(26)15-5-7-16(21)8-6-15/h2-8,13H,9-12,14H2,1H3,(H,22,25). The highest BCUT2D eigenvalue weighted by molar-refractivity contribution is 5.94. The minimum Gasteiger partial charge on any atom is -0.497 e. The summed E-state index contributed by atoms with van der Waals surface area (Å²) < 4.78 is 18.1. The van der Waals surface area contributed by atoms with Crippen molar-refractivity contribution in [2.75, 3.05) is 45.2 Å². The summed E-state index contributed by atoms with van der Waals surface area (Å²) in [6.07, 6.45) is 0. The van der Waals surface area contributed by atoms with Crippen LogP contribution in [0, 0.1) is 5.82 Å². The van der Waals surface area contributed by atoms with E-state index < -0.39 is 0 Å². The fraction of sp³-hybridized carbons (Fsp3) is 0.300. The van der Waals surface area contributed by atoms with Crippen LogP contribution in [0.15, 0.2) is 48.5 Å². The van der Waals surface area contributed by atoms with Crippen LogP contribution in [0.2, 0.25) is 0 Å². The minimum atomic E-state index is -0.363. The first-order chi connectivity index (χ1) is 13.0. The smallest absolute Gasteiger partial charge is 0.253 e. The number of nitrogens with one attached hydrogen (secondary N) is 1. The number of hydrogen-bond acceptors (Lipinski definition) is 4. The Hall–Kier alpha value is -2.93. The van der Waals surface area contributed by atoms with Crippen LogP contribution < -0.4 is 10.1 Å². The predicted molar refractivity (Wildman–Crippen MR) is 100 cm³/mol. The van der Waals surface area contributed by atoms with Crippen molar-refractivity contribution in [2.45, 2.75) is 0 Å². The molecule has 0 radical (unpaired) electrons. The van der Waals surface area contributed by atoms with Crippen LogP contribution in [-0.2, 0) is 4.79 Å². The van der Waals surface area contributed by atoms with Gasteiger partial charge < -0.3 is 15.0 Å². The number of ether oxygens (including phenoxy) is 1. The molecule has 1 aliphatic heterocycles. The van der Waals surface area contributed by atoms with Crippen molar-refractivity contribution in [3.8, 4) is 5.75 Å². The first-order valence-corrected chi connectivity index (χ1v) is 8.76. The Bertz CT molecular complexity index is 802. The maximum absolute atomic E-state index is 13.0. The number of carbonyl (C=O) groups excluding carboxylic acids is 2. The zero-order chi connectivity index (χ0) is 19.2. The van der Waals surface area contributed by atoms with E-state index in [0.29, 0.717) is 43.2 Å². The molecule has 1 aliphatic rings. The Balaban J connectivity index is 1.48. The summed E-state index contributed by atoms with van der Waals surface area (Å²) in [6.45, 7) is 2.54. The molecule has 2 aromatic rings. The average molecular weight is 371 g/mol. The normalized spacial score (nSPS) is 14.7. The molecule has 1 N–H and O–H groups in total. The Morgan fingerprint density at radius 3 is 2.44 bits per heavy atom. The highest BCUT2D eigenvalue weighted by atomic mass is 19.1. The third kappa shape index (κ3) is 5.04. The van der Waals surface area contributed by atoms with Gasteiger partial charge in [-0.3, -0.25) is 14.5 Å².